The molecule has 3 aromatic rings. The van der Waals surface area contributed by atoms with Crippen LogP contribution in [0.3, 0.4) is 0 Å². The summed E-state index contributed by atoms with van der Waals surface area (Å²) in [5.74, 6) is 0. The van der Waals surface area contributed by atoms with Crippen molar-refractivity contribution in [3.63, 3.8) is 0 Å². The molecule has 1 aromatic carbocycles. The molecule has 0 amide bonds. The largest absolute Gasteiger partial charge is 0.269 e. The van der Waals surface area contributed by atoms with Crippen LogP contribution < -0.4 is 0 Å². The quantitative estimate of drug-likeness (QED) is 0.460. The molecule has 0 saturated heterocycles. The fourth-order valence-electron chi connectivity index (χ4n) is 1.96. The summed E-state index contributed by atoms with van der Waals surface area (Å²) in [6.45, 7) is 1.90. The van der Waals surface area contributed by atoms with Crippen molar-refractivity contribution < 1.29 is 8.42 Å². The van der Waals surface area contributed by atoms with Crippen LogP contribution in [-0.4, -0.2) is 22.4 Å². The molecule has 2 heterocycles. The van der Waals surface area contributed by atoms with Gasteiger partial charge in [0.25, 0.3) is 10.0 Å². The van der Waals surface area contributed by atoms with Crippen LogP contribution in [0.5, 0.6) is 0 Å². The number of halogens is 2. The van der Waals surface area contributed by atoms with E-state index >= 15 is 0 Å². The van der Waals surface area contributed by atoms with Gasteiger partial charge in [-0.1, -0.05) is 29.3 Å². The van der Waals surface area contributed by atoms with E-state index in [0.29, 0.717) is 8.96 Å². The molecule has 0 N–H and O–H groups in total. The monoisotopic (exact) mass is 433 g/mol. The number of rotatable bonds is 2. The fraction of sp³-hybridized carbons (Fsp3) is 0.0769. The molecule has 0 aliphatic rings. The molecule has 2 aromatic heterocycles. The number of hydrogen-bond donors (Lipinski definition) is 0. The Labute approximate surface area is 140 Å². The second kappa shape index (κ2) is 5.22. The van der Waals surface area contributed by atoms with Crippen LogP contribution in [0.4, 0.5) is 0 Å². The Kier molecular flexibility index (Phi) is 3.66. The lowest BCUT2D eigenvalue weighted by atomic mass is 10.2. The van der Waals surface area contributed by atoms with Crippen molar-refractivity contribution >= 4 is 55.2 Å². The van der Waals surface area contributed by atoms with Gasteiger partial charge in [-0.05, 0) is 41.6 Å². The van der Waals surface area contributed by atoms with Gasteiger partial charge in [-0.15, -0.1) is 0 Å². The molecule has 5 nitrogen and oxygen atoms in total. The highest BCUT2D eigenvalue weighted by atomic mass is 127. The Hall–Kier alpha value is -1.19. The maximum absolute atomic E-state index is 12.7. The maximum atomic E-state index is 12.7. The first kappa shape index (κ1) is 14.7. The minimum atomic E-state index is -3.72. The second-order valence-electron chi connectivity index (χ2n) is 4.45. The van der Waals surface area contributed by atoms with Gasteiger partial charge in [0, 0.05) is 9.77 Å². The van der Waals surface area contributed by atoms with E-state index in [4.69, 9.17) is 11.6 Å². The van der Waals surface area contributed by atoms with Crippen molar-refractivity contribution in [2.24, 2.45) is 0 Å². The van der Waals surface area contributed by atoms with Crippen molar-refractivity contribution in [3.8, 4) is 0 Å². The van der Waals surface area contributed by atoms with Gasteiger partial charge < -0.3 is 0 Å². The van der Waals surface area contributed by atoms with Gasteiger partial charge >= 0.3 is 0 Å². The standard InChI is InChI=1S/C13H9ClIN3O2S/c1-8-2-4-9(5-3-8)21(19,20)18-6-10(15)11-12(14)16-7-17-13(11)18/h2-7H,1H3. The number of aromatic nitrogens is 3. The van der Waals surface area contributed by atoms with E-state index in [1.165, 1.54) is 12.5 Å². The zero-order valence-corrected chi connectivity index (χ0v) is 14.5. The van der Waals surface area contributed by atoms with Crippen LogP contribution in [0.1, 0.15) is 5.56 Å². The maximum Gasteiger partial charge on any atom is 0.269 e. The highest BCUT2D eigenvalue weighted by Gasteiger charge is 2.22. The molecule has 0 radical (unpaired) electrons. The molecule has 0 unspecified atom stereocenters. The molecule has 0 atom stereocenters. The third kappa shape index (κ3) is 2.43. The average Bonchev–Trinajstić information content (AvgIpc) is 2.79. The van der Waals surface area contributed by atoms with Gasteiger partial charge in [0.05, 0.1) is 10.3 Å². The minimum Gasteiger partial charge on any atom is -0.224 e. The lowest BCUT2D eigenvalue weighted by Gasteiger charge is -2.07. The summed E-state index contributed by atoms with van der Waals surface area (Å²) in [6.07, 6.45) is 2.75. The van der Waals surface area contributed by atoms with E-state index in [0.717, 1.165) is 9.54 Å². The highest BCUT2D eigenvalue weighted by Crippen LogP contribution is 2.29. The minimum absolute atomic E-state index is 0.205. The molecule has 0 aliphatic carbocycles. The molecule has 3 rings (SSSR count). The molecular formula is C13H9ClIN3O2S. The van der Waals surface area contributed by atoms with Gasteiger partial charge in [-0.2, -0.15) is 0 Å². The van der Waals surface area contributed by atoms with E-state index in [1.54, 1.807) is 24.3 Å². The van der Waals surface area contributed by atoms with Crippen LogP contribution in [0, 0.1) is 10.5 Å². The zero-order chi connectivity index (χ0) is 15.2. The summed E-state index contributed by atoms with van der Waals surface area (Å²) in [7, 11) is -3.72. The van der Waals surface area contributed by atoms with E-state index < -0.39 is 10.0 Å². The number of benzene rings is 1. The van der Waals surface area contributed by atoms with Crippen LogP contribution in [0.15, 0.2) is 41.7 Å². The number of aryl methyl sites for hydroxylation is 1. The average molecular weight is 434 g/mol. The molecule has 0 saturated carbocycles. The molecule has 0 spiro atoms. The van der Waals surface area contributed by atoms with Gasteiger partial charge in [-0.25, -0.2) is 22.4 Å². The first-order valence-electron chi connectivity index (χ1n) is 5.90. The van der Waals surface area contributed by atoms with E-state index in [1.807, 2.05) is 29.5 Å². The Bertz CT molecular complexity index is 936. The Morgan fingerprint density at radius 1 is 1.19 bits per heavy atom. The van der Waals surface area contributed by atoms with Gasteiger partial charge in [0.15, 0.2) is 5.65 Å². The number of hydrogen-bond acceptors (Lipinski definition) is 4. The van der Waals surface area contributed by atoms with Gasteiger partial charge in [-0.3, -0.25) is 0 Å². The third-order valence-electron chi connectivity index (χ3n) is 3.04. The lowest BCUT2D eigenvalue weighted by Crippen LogP contribution is -2.12. The van der Waals surface area contributed by atoms with Crippen LogP contribution in [0.25, 0.3) is 11.0 Å². The van der Waals surface area contributed by atoms with E-state index in [2.05, 4.69) is 9.97 Å². The predicted molar refractivity (Wildman–Crippen MR) is 89.0 cm³/mol. The van der Waals surface area contributed by atoms with Crippen molar-refractivity contribution in [1.29, 1.82) is 0 Å². The first-order valence-corrected chi connectivity index (χ1v) is 8.80. The number of fused-ring (bicyclic) bond motifs is 1. The van der Waals surface area contributed by atoms with Gasteiger partial charge in [0.1, 0.15) is 11.5 Å². The predicted octanol–water partition coefficient (Wildman–Crippen LogP) is 3.23. The molecule has 0 bridgehead atoms. The highest BCUT2D eigenvalue weighted by molar-refractivity contribution is 14.1. The summed E-state index contributed by atoms with van der Waals surface area (Å²) < 4.78 is 27.3. The Morgan fingerprint density at radius 3 is 2.52 bits per heavy atom. The Balaban J connectivity index is 2.29. The van der Waals surface area contributed by atoms with Crippen molar-refractivity contribution in [3.05, 3.63) is 51.1 Å². The molecular weight excluding hydrogens is 425 g/mol. The molecule has 8 heteroatoms. The second-order valence-corrected chi connectivity index (χ2v) is 7.79. The molecule has 21 heavy (non-hydrogen) atoms. The summed E-state index contributed by atoms with van der Waals surface area (Å²) in [4.78, 5) is 8.15. The summed E-state index contributed by atoms with van der Waals surface area (Å²) >= 11 is 8.05. The smallest absolute Gasteiger partial charge is 0.224 e. The molecule has 0 fully saturated rings. The zero-order valence-electron chi connectivity index (χ0n) is 10.8. The third-order valence-corrected chi connectivity index (χ3v) is 5.81. The van der Waals surface area contributed by atoms with Gasteiger partial charge in [0.2, 0.25) is 0 Å². The topological polar surface area (TPSA) is 64.8 Å². The Morgan fingerprint density at radius 2 is 1.86 bits per heavy atom. The molecule has 108 valence electrons. The van der Waals surface area contributed by atoms with Crippen molar-refractivity contribution in [1.82, 2.24) is 13.9 Å². The lowest BCUT2D eigenvalue weighted by molar-refractivity contribution is 0.588. The first-order chi connectivity index (χ1) is 9.91. The van der Waals surface area contributed by atoms with Crippen LogP contribution in [0.2, 0.25) is 5.15 Å². The summed E-state index contributed by atoms with van der Waals surface area (Å²) in [5.41, 5.74) is 1.27. The van der Waals surface area contributed by atoms with Crippen molar-refractivity contribution in [2.75, 3.05) is 0 Å². The summed E-state index contributed by atoms with van der Waals surface area (Å²) in [6, 6.07) is 6.66. The molecule has 0 aliphatic heterocycles. The number of nitrogens with zero attached hydrogens (tertiary/aromatic N) is 3. The van der Waals surface area contributed by atoms with E-state index in [9.17, 15) is 8.42 Å². The fourth-order valence-corrected chi connectivity index (χ4v) is 4.63. The normalized spacial score (nSPS) is 12.0. The van der Waals surface area contributed by atoms with Crippen LogP contribution >= 0.6 is 34.2 Å². The van der Waals surface area contributed by atoms with Crippen LogP contribution in [-0.2, 0) is 10.0 Å². The SMILES string of the molecule is Cc1ccc(S(=O)(=O)n2cc(I)c3c(Cl)ncnc32)cc1. The summed E-state index contributed by atoms with van der Waals surface area (Å²) in [5, 5.41) is 0.776. The van der Waals surface area contributed by atoms with Crippen molar-refractivity contribution in [2.45, 2.75) is 11.8 Å². The van der Waals surface area contributed by atoms with E-state index in [-0.39, 0.29) is 15.7 Å².